The monoisotopic (exact) mass is 760 g/mol. The highest BCUT2D eigenvalue weighted by atomic mass is 79.9. The second kappa shape index (κ2) is 14.9. The minimum absolute atomic E-state index is 0. The number of nitrogens with zero attached hydrogens (tertiary/aromatic N) is 3. The van der Waals surface area contributed by atoms with E-state index in [4.69, 9.17) is 10.5 Å². The summed E-state index contributed by atoms with van der Waals surface area (Å²) >= 11 is 7.02. The molecule has 2 aromatic carbocycles. The lowest BCUT2D eigenvalue weighted by molar-refractivity contribution is -0.142. The van der Waals surface area contributed by atoms with Gasteiger partial charge in [-0.2, -0.15) is 0 Å². The Kier molecular flexibility index (Phi) is 10.7. The predicted octanol–water partition coefficient (Wildman–Crippen LogP) is 5.88. The molecule has 2 aromatic rings. The van der Waals surface area contributed by atoms with E-state index in [9.17, 15) is 14.4 Å². The highest BCUT2D eigenvalue weighted by molar-refractivity contribution is 9.11. The van der Waals surface area contributed by atoms with E-state index in [0.717, 1.165) is 64.0 Å². The van der Waals surface area contributed by atoms with Gasteiger partial charge in [0.05, 0.1) is 5.69 Å². The van der Waals surface area contributed by atoms with Crippen LogP contribution in [0, 0.1) is 11.8 Å². The molecule has 4 aliphatic rings. The zero-order chi connectivity index (χ0) is 32.2. The number of nitrogens with one attached hydrogen (secondary N) is 2. The number of ether oxygens (including phenoxy) is 1. The minimum atomic E-state index is -0.946. The van der Waals surface area contributed by atoms with E-state index in [1.807, 2.05) is 46.2 Å². The Labute approximate surface area is 289 Å². The number of nitrogens with two attached hydrogens (primary N) is 1. The first-order valence-corrected chi connectivity index (χ1v) is 18.2. The SMILES string of the molecule is Nc1c(Br)cc(C[C@@H](OC(=O)N2CCC(N3CCc4ccccc4NC3=O)CC2)C(=O)N2CCC(C3CCNCC3)CC2)cc1Br.[HH]. The average Bonchev–Trinajstić information content (AvgIpc) is 3.25. The summed E-state index contributed by atoms with van der Waals surface area (Å²) in [7, 11) is 0. The quantitative estimate of drug-likeness (QED) is 0.317. The Bertz CT molecular complexity index is 1400. The fourth-order valence-electron chi connectivity index (χ4n) is 7.55. The molecule has 0 unspecified atom stereocenters. The normalized spacial score (nSPS) is 20.9. The number of likely N-dealkylation sites (tertiary alicyclic amines) is 2. The van der Waals surface area contributed by atoms with Crippen LogP contribution in [0.1, 0.15) is 51.1 Å². The molecule has 0 saturated carbocycles. The van der Waals surface area contributed by atoms with Gasteiger partial charge in [-0.15, -0.1) is 0 Å². The Balaban J connectivity index is 0.00000433. The van der Waals surface area contributed by atoms with E-state index in [2.05, 4.69) is 42.5 Å². The summed E-state index contributed by atoms with van der Waals surface area (Å²) in [4.78, 5) is 46.1. The predicted molar refractivity (Wildman–Crippen MR) is 188 cm³/mol. The van der Waals surface area contributed by atoms with Gasteiger partial charge in [0.15, 0.2) is 6.10 Å². The van der Waals surface area contributed by atoms with Crippen LogP contribution in [0.3, 0.4) is 0 Å². The summed E-state index contributed by atoms with van der Waals surface area (Å²) < 4.78 is 7.50. The Morgan fingerprint density at radius 2 is 1.54 bits per heavy atom. The molecule has 0 bridgehead atoms. The number of carbonyl (C=O) groups excluding carboxylic acids is 3. The molecule has 1 atom stereocenters. The topological polar surface area (TPSA) is 120 Å². The first-order valence-electron chi connectivity index (χ1n) is 16.6. The van der Waals surface area contributed by atoms with Gasteiger partial charge in [-0.05, 0) is 131 Å². The van der Waals surface area contributed by atoms with Gasteiger partial charge in [-0.1, -0.05) is 18.2 Å². The standard InChI is InChI=1S/C34H44Br2N6O4.H2/c35-27-19-22(20-28(36)31(27)37)21-30(32(43)40-14-7-24(8-15-40)23-5-12-38-13-6-23)46-34(45)41-16-10-26(11-17-41)42-18-9-25-3-1-2-4-29(25)39-33(42)44;/h1-4,19-20,23-24,26,30,38H,5-18,21,37H2,(H,39,44);1H/t30-;/m1./s1. The molecule has 4 N–H and O–H groups in total. The van der Waals surface area contributed by atoms with Gasteiger partial charge in [0.1, 0.15) is 0 Å². The van der Waals surface area contributed by atoms with Crippen molar-refractivity contribution in [1.82, 2.24) is 20.0 Å². The summed E-state index contributed by atoms with van der Waals surface area (Å²) in [5.41, 5.74) is 9.54. The molecule has 3 saturated heterocycles. The molecular formula is C34H46Br2N6O4. The highest BCUT2D eigenvalue weighted by Gasteiger charge is 2.36. The third-order valence-corrected chi connectivity index (χ3v) is 11.6. The first kappa shape index (κ1) is 33.1. The molecule has 0 aliphatic carbocycles. The number of nitrogen functional groups attached to an aromatic ring is 1. The van der Waals surface area contributed by atoms with Crippen LogP contribution < -0.4 is 16.4 Å². The molecule has 6 rings (SSSR count). The van der Waals surface area contributed by atoms with E-state index in [1.54, 1.807) is 4.90 Å². The molecule has 12 heteroatoms. The maximum absolute atomic E-state index is 14.0. The average molecular weight is 763 g/mol. The van der Waals surface area contributed by atoms with Crippen LogP contribution >= 0.6 is 31.9 Å². The fraction of sp³-hybridized carbons (Fsp3) is 0.559. The molecule has 0 radical (unpaired) electrons. The van der Waals surface area contributed by atoms with Crippen LogP contribution in [0.5, 0.6) is 0 Å². The van der Waals surface area contributed by atoms with E-state index in [-0.39, 0.29) is 25.8 Å². The zero-order valence-electron chi connectivity index (χ0n) is 26.2. The number of urea groups is 1. The van der Waals surface area contributed by atoms with Gasteiger partial charge in [-0.25, -0.2) is 9.59 Å². The number of benzene rings is 2. The Hall–Kier alpha value is -2.83. The van der Waals surface area contributed by atoms with Crippen LogP contribution in [-0.2, 0) is 22.4 Å². The van der Waals surface area contributed by atoms with Crippen LogP contribution in [-0.4, -0.2) is 90.7 Å². The lowest BCUT2D eigenvalue weighted by Crippen LogP contribution is -2.52. The Morgan fingerprint density at radius 3 is 2.24 bits per heavy atom. The number of fused-ring (bicyclic) bond motifs is 1. The third-order valence-electron chi connectivity index (χ3n) is 10.3. The number of rotatable bonds is 6. The number of anilines is 2. The van der Waals surface area contributed by atoms with Gasteiger partial charge >= 0.3 is 12.1 Å². The summed E-state index contributed by atoms with van der Waals surface area (Å²) in [5, 5.41) is 6.50. The van der Waals surface area contributed by atoms with Gasteiger partial charge in [0, 0.05) is 61.2 Å². The van der Waals surface area contributed by atoms with Gasteiger partial charge in [0.2, 0.25) is 0 Å². The first-order chi connectivity index (χ1) is 22.3. The maximum Gasteiger partial charge on any atom is 0.410 e. The number of hydrogen-bond donors (Lipinski definition) is 3. The summed E-state index contributed by atoms with van der Waals surface area (Å²) in [6.07, 6.45) is 5.28. The van der Waals surface area contributed by atoms with Crippen molar-refractivity contribution in [3.8, 4) is 0 Å². The molecular weight excluding hydrogens is 716 g/mol. The maximum atomic E-state index is 14.0. The molecule has 4 heterocycles. The summed E-state index contributed by atoms with van der Waals surface area (Å²) in [6.45, 7) is 5.07. The number of piperidine rings is 3. The molecule has 3 fully saturated rings. The van der Waals surface area contributed by atoms with Crippen molar-refractivity contribution in [2.75, 3.05) is 56.9 Å². The number of halogens is 2. The van der Waals surface area contributed by atoms with Crippen molar-refractivity contribution in [2.45, 2.75) is 63.5 Å². The van der Waals surface area contributed by atoms with Crippen LogP contribution in [0.4, 0.5) is 21.0 Å². The van der Waals surface area contributed by atoms with Gasteiger partial charge in [0.25, 0.3) is 5.91 Å². The van der Waals surface area contributed by atoms with Crippen LogP contribution in [0.25, 0.3) is 0 Å². The van der Waals surface area contributed by atoms with Crippen molar-refractivity contribution >= 4 is 61.3 Å². The van der Waals surface area contributed by atoms with Crippen LogP contribution in [0.15, 0.2) is 45.3 Å². The minimum Gasteiger partial charge on any atom is -0.436 e. The fourth-order valence-corrected chi connectivity index (χ4v) is 8.83. The molecule has 250 valence electrons. The van der Waals surface area contributed by atoms with Crippen molar-refractivity contribution in [3.63, 3.8) is 0 Å². The zero-order valence-corrected chi connectivity index (χ0v) is 29.4. The van der Waals surface area contributed by atoms with Crippen molar-refractivity contribution < 1.29 is 20.5 Å². The second-order valence-corrected chi connectivity index (χ2v) is 14.8. The molecule has 10 nitrogen and oxygen atoms in total. The lowest BCUT2D eigenvalue weighted by Gasteiger charge is -2.39. The third kappa shape index (κ3) is 7.65. The number of carbonyl (C=O) groups is 3. The highest BCUT2D eigenvalue weighted by Crippen LogP contribution is 2.33. The van der Waals surface area contributed by atoms with Gasteiger partial charge in [-0.3, -0.25) is 4.79 Å². The summed E-state index contributed by atoms with van der Waals surface area (Å²) in [6, 6.07) is 11.6. The van der Waals surface area contributed by atoms with E-state index >= 15 is 0 Å². The summed E-state index contributed by atoms with van der Waals surface area (Å²) in [5.74, 6) is 1.21. The largest absolute Gasteiger partial charge is 0.436 e. The molecule has 4 amide bonds. The lowest BCUT2D eigenvalue weighted by atomic mass is 9.79. The molecule has 0 aromatic heterocycles. The van der Waals surface area contributed by atoms with Crippen LogP contribution in [0.2, 0.25) is 0 Å². The van der Waals surface area contributed by atoms with Crippen molar-refractivity contribution in [3.05, 3.63) is 56.5 Å². The van der Waals surface area contributed by atoms with Crippen molar-refractivity contribution in [2.24, 2.45) is 11.8 Å². The number of para-hydroxylation sites is 1. The van der Waals surface area contributed by atoms with E-state index in [0.29, 0.717) is 57.2 Å². The molecule has 0 spiro atoms. The molecule has 4 aliphatic heterocycles. The Morgan fingerprint density at radius 1 is 0.913 bits per heavy atom. The van der Waals surface area contributed by atoms with Gasteiger partial charge < -0.3 is 35.8 Å². The van der Waals surface area contributed by atoms with E-state index < -0.39 is 12.2 Å². The molecule has 46 heavy (non-hydrogen) atoms. The van der Waals surface area contributed by atoms with Crippen molar-refractivity contribution in [1.29, 1.82) is 0 Å². The number of amides is 4. The number of hydrogen-bond acceptors (Lipinski definition) is 6. The smallest absolute Gasteiger partial charge is 0.410 e. The van der Waals surface area contributed by atoms with E-state index in [1.165, 1.54) is 12.8 Å². The second-order valence-electron chi connectivity index (χ2n) is 13.0.